The Hall–Kier alpha value is -3.42. The number of H-pyrrole nitrogens is 1. The van der Waals surface area contributed by atoms with Crippen molar-refractivity contribution in [3.63, 3.8) is 0 Å². The van der Waals surface area contributed by atoms with Gasteiger partial charge in [0.25, 0.3) is 11.8 Å². The van der Waals surface area contributed by atoms with Crippen molar-refractivity contribution in [3.05, 3.63) is 59.5 Å². The first-order valence-electron chi connectivity index (χ1n) is 9.78. The predicted octanol–water partition coefficient (Wildman–Crippen LogP) is 3.09. The summed E-state index contributed by atoms with van der Waals surface area (Å²) < 4.78 is 19.4. The molecule has 2 amide bonds. The lowest BCUT2D eigenvalue weighted by molar-refractivity contribution is 0.0251. The van der Waals surface area contributed by atoms with Gasteiger partial charge in [-0.3, -0.25) is 14.7 Å². The van der Waals surface area contributed by atoms with Crippen molar-refractivity contribution >= 4 is 22.7 Å². The number of hydrogen-bond donors (Lipinski definition) is 1. The summed E-state index contributed by atoms with van der Waals surface area (Å²) in [6.45, 7) is 4.47. The van der Waals surface area contributed by atoms with E-state index >= 15 is 0 Å². The Bertz CT molecular complexity index is 1100. The quantitative estimate of drug-likeness (QED) is 0.720. The van der Waals surface area contributed by atoms with E-state index in [0.717, 1.165) is 10.9 Å². The van der Waals surface area contributed by atoms with Crippen LogP contribution in [0.4, 0.5) is 4.39 Å². The van der Waals surface area contributed by atoms with Crippen LogP contribution >= 0.6 is 0 Å². The van der Waals surface area contributed by atoms with E-state index in [-0.39, 0.29) is 29.5 Å². The van der Waals surface area contributed by atoms with Crippen molar-refractivity contribution in [2.45, 2.75) is 25.9 Å². The fourth-order valence-corrected chi connectivity index (χ4v) is 4.07. The van der Waals surface area contributed by atoms with Crippen LogP contribution in [0.2, 0.25) is 0 Å². The molecule has 2 heterocycles. The van der Waals surface area contributed by atoms with E-state index in [0.29, 0.717) is 24.4 Å². The van der Waals surface area contributed by atoms with Gasteiger partial charge < -0.3 is 14.5 Å². The molecule has 1 aliphatic heterocycles. The van der Waals surface area contributed by atoms with Crippen LogP contribution in [0.25, 0.3) is 10.9 Å². The van der Waals surface area contributed by atoms with Gasteiger partial charge in [-0.2, -0.15) is 5.10 Å². The number of carbonyl (C=O) groups excluding carboxylic acids is 2. The first-order valence-corrected chi connectivity index (χ1v) is 9.78. The van der Waals surface area contributed by atoms with Gasteiger partial charge in [0.1, 0.15) is 11.6 Å². The highest BCUT2D eigenvalue weighted by Gasteiger charge is 2.36. The van der Waals surface area contributed by atoms with Crippen molar-refractivity contribution in [3.8, 4) is 5.75 Å². The monoisotopic (exact) mass is 410 g/mol. The molecule has 1 fully saturated rings. The van der Waals surface area contributed by atoms with E-state index < -0.39 is 5.82 Å². The maximum atomic E-state index is 14.4. The second kappa shape index (κ2) is 7.78. The smallest absolute Gasteiger partial charge is 0.257 e. The fourth-order valence-electron chi connectivity index (χ4n) is 4.07. The average molecular weight is 410 g/mol. The first kappa shape index (κ1) is 19.9. The van der Waals surface area contributed by atoms with Gasteiger partial charge in [-0.25, -0.2) is 4.39 Å². The molecule has 1 N–H and O–H groups in total. The highest BCUT2D eigenvalue weighted by atomic mass is 19.1. The Kier molecular flexibility index (Phi) is 5.15. The van der Waals surface area contributed by atoms with E-state index in [1.807, 2.05) is 19.9 Å². The summed E-state index contributed by atoms with van der Waals surface area (Å²) in [5.41, 5.74) is 1.28. The van der Waals surface area contributed by atoms with Crippen LogP contribution < -0.4 is 4.74 Å². The minimum atomic E-state index is -0.621. The van der Waals surface area contributed by atoms with Gasteiger partial charge >= 0.3 is 0 Å². The molecule has 7 nitrogen and oxygen atoms in total. The van der Waals surface area contributed by atoms with Crippen molar-refractivity contribution in [2.75, 3.05) is 20.2 Å². The van der Waals surface area contributed by atoms with Crippen molar-refractivity contribution in [1.29, 1.82) is 0 Å². The molecule has 0 unspecified atom stereocenters. The summed E-state index contributed by atoms with van der Waals surface area (Å²) in [5.74, 6) is -0.763. The molecule has 0 radical (unpaired) electrons. The molecule has 30 heavy (non-hydrogen) atoms. The number of hydrogen-bond acceptors (Lipinski definition) is 4. The maximum absolute atomic E-state index is 14.4. The van der Waals surface area contributed by atoms with Gasteiger partial charge in [0.2, 0.25) is 0 Å². The summed E-state index contributed by atoms with van der Waals surface area (Å²) in [5, 5.41) is 7.85. The number of ether oxygens (including phenoxy) is 1. The molecule has 4 rings (SSSR count). The zero-order valence-corrected chi connectivity index (χ0v) is 17.1. The summed E-state index contributed by atoms with van der Waals surface area (Å²) in [6, 6.07) is 9.07. The number of carbonyl (C=O) groups is 2. The number of halogens is 1. The van der Waals surface area contributed by atoms with Gasteiger partial charge in [-0.05, 0) is 38.1 Å². The Morgan fingerprint density at radius 2 is 1.83 bits per heavy atom. The highest BCUT2D eigenvalue weighted by molar-refractivity contribution is 5.98. The van der Waals surface area contributed by atoms with E-state index in [4.69, 9.17) is 4.74 Å². The second-order valence-electron chi connectivity index (χ2n) is 7.63. The molecular formula is C22H23FN4O3. The van der Waals surface area contributed by atoms with Crippen molar-refractivity contribution in [2.24, 2.45) is 0 Å². The molecule has 8 heteroatoms. The molecular weight excluding hydrogens is 387 g/mol. The van der Waals surface area contributed by atoms with Crippen LogP contribution in [0.5, 0.6) is 5.75 Å². The maximum Gasteiger partial charge on any atom is 0.257 e. The van der Waals surface area contributed by atoms with E-state index in [9.17, 15) is 14.0 Å². The normalized spacial score (nSPS) is 19.2. The molecule has 156 valence electrons. The Morgan fingerprint density at radius 3 is 2.50 bits per heavy atom. The van der Waals surface area contributed by atoms with E-state index in [2.05, 4.69) is 10.2 Å². The number of aromatic amines is 1. The number of amides is 2. The van der Waals surface area contributed by atoms with Gasteiger partial charge in [-0.15, -0.1) is 0 Å². The number of nitrogens with one attached hydrogen (secondary N) is 1. The molecule has 2 atom stereocenters. The third kappa shape index (κ3) is 3.49. The molecule has 1 aliphatic rings. The van der Waals surface area contributed by atoms with Crippen LogP contribution in [-0.4, -0.2) is 64.1 Å². The Balaban J connectivity index is 1.52. The van der Waals surface area contributed by atoms with Crippen molar-refractivity contribution < 1.29 is 18.7 Å². The summed E-state index contributed by atoms with van der Waals surface area (Å²) >= 11 is 0. The number of fused-ring (bicyclic) bond motifs is 1. The summed E-state index contributed by atoms with van der Waals surface area (Å²) in [7, 11) is 1.44. The molecule has 3 aromatic rings. The lowest BCUT2D eigenvalue weighted by Crippen LogP contribution is -2.59. The SMILES string of the molecule is COc1ccc(C(=O)N2[C@H](C)CN(C(=O)c3ccc4c[nH]nc4c3)C[C@H]2C)c(F)c1. The number of aromatic nitrogens is 2. The molecule has 0 saturated carbocycles. The number of piperazine rings is 1. The molecule has 2 aromatic carbocycles. The number of rotatable bonds is 3. The number of methoxy groups -OCH3 is 1. The van der Waals surface area contributed by atoms with Crippen LogP contribution in [0.1, 0.15) is 34.6 Å². The van der Waals surface area contributed by atoms with Gasteiger partial charge in [-0.1, -0.05) is 6.07 Å². The fraction of sp³-hybridized carbons (Fsp3) is 0.318. The topological polar surface area (TPSA) is 78.5 Å². The summed E-state index contributed by atoms with van der Waals surface area (Å²) in [4.78, 5) is 29.5. The molecule has 1 saturated heterocycles. The van der Waals surface area contributed by atoms with Crippen LogP contribution in [0.15, 0.2) is 42.6 Å². The van der Waals surface area contributed by atoms with Crippen LogP contribution in [0.3, 0.4) is 0 Å². The third-order valence-corrected chi connectivity index (χ3v) is 5.53. The zero-order valence-electron chi connectivity index (χ0n) is 17.1. The van der Waals surface area contributed by atoms with Crippen LogP contribution in [0, 0.1) is 5.82 Å². The lowest BCUT2D eigenvalue weighted by Gasteiger charge is -2.44. The van der Waals surface area contributed by atoms with Gasteiger partial charge in [0, 0.05) is 48.4 Å². The largest absolute Gasteiger partial charge is 0.497 e. The average Bonchev–Trinajstić information content (AvgIpc) is 3.20. The number of benzene rings is 2. The zero-order chi connectivity index (χ0) is 21.4. The Morgan fingerprint density at radius 1 is 1.10 bits per heavy atom. The first-order chi connectivity index (χ1) is 14.4. The van der Waals surface area contributed by atoms with Crippen molar-refractivity contribution in [1.82, 2.24) is 20.0 Å². The van der Waals surface area contributed by atoms with Gasteiger partial charge in [0.15, 0.2) is 0 Å². The lowest BCUT2D eigenvalue weighted by atomic mass is 10.0. The third-order valence-electron chi connectivity index (χ3n) is 5.53. The molecule has 0 bridgehead atoms. The highest BCUT2D eigenvalue weighted by Crippen LogP contribution is 2.24. The van der Waals surface area contributed by atoms with Crippen LogP contribution in [-0.2, 0) is 0 Å². The molecule has 1 aromatic heterocycles. The van der Waals surface area contributed by atoms with E-state index in [1.165, 1.54) is 19.2 Å². The van der Waals surface area contributed by atoms with E-state index in [1.54, 1.807) is 34.2 Å². The molecule has 0 spiro atoms. The molecule has 0 aliphatic carbocycles. The predicted molar refractivity (Wildman–Crippen MR) is 110 cm³/mol. The standard InChI is InChI=1S/C22H23FN4O3/c1-13-11-26(21(28)15-4-5-16-10-24-25-20(16)8-15)12-14(2)27(13)22(29)18-7-6-17(30-3)9-19(18)23/h4-10,13-14H,11-12H2,1-3H3,(H,24,25)/t13-,14-/m1/s1. The number of nitrogens with zero attached hydrogens (tertiary/aromatic N) is 3. The minimum absolute atomic E-state index is 0.00161. The Labute approximate surface area is 173 Å². The summed E-state index contributed by atoms with van der Waals surface area (Å²) in [6.07, 6.45) is 1.77. The minimum Gasteiger partial charge on any atom is -0.497 e. The second-order valence-corrected chi connectivity index (χ2v) is 7.63. The van der Waals surface area contributed by atoms with Gasteiger partial charge in [0.05, 0.1) is 18.2 Å².